The average Bonchev–Trinajstić information content (AvgIpc) is 2.30. The highest BCUT2D eigenvalue weighted by Crippen LogP contribution is 2.22. The highest BCUT2D eigenvalue weighted by Gasteiger charge is 1.99. The first-order chi connectivity index (χ1) is 8.49. The summed E-state index contributed by atoms with van der Waals surface area (Å²) in [5.41, 5.74) is 7.54. The van der Waals surface area contributed by atoms with E-state index in [1.165, 1.54) is 12.2 Å². The van der Waals surface area contributed by atoms with Gasteiger partial charge in [-0.25, -0.2) is 5.48 Å². The summed E-state index contributed by atoms with van der Waals surface area (Å²) in [5, 5.41) is 0.826. The Bertz CT molecular complexity index is 489. The number of amides is 2. The zero-order valence-electron chi connectivity index (χ0n) is 9.15. The van der Waals surface area contributed by atoms with Crippen molar-refractivity contribution in [3.63, 3.8) is 0 Å². The number of nitrogens with one attached hydrogen (secondary N) is 1. The lowest BCUT2D eigenvalue weighted by Crippen LogP contribution is -2.28. The van der Waals surface area contributed by atoms with Gasteiger partial charge in [-0.3, -0.25) is 14.4 Å². The van der Waals surface area contributed by atoms with E-state index in [1.54, 1.807) is 18.2 Å². The van der Waals surface area contributed by atoms with Gasteiger partial charge in [-0.2, -0.15) is 0 Å². The first-order valence-corrected chi connectivity index (χ1v) is 5.58. The van der Waals surface area contributed by atoms with E-state index in [1.807, 2.05) is 5.48 Å². The first kappa shape index (κ1) is 14.5. The van der Waals surface area contributed by atoms with Gasteiger partial charge in [0.2, 0.25) is 5.91 Å². The molecule has 2 amide bonds. The molecule has 0 saturated heterocycles. The Kier molecular flexibility index (Phi) is 5.64. The summed E-state index contributed by atoms with van der Waals surface area (Å²) in [5.74, 6) is -1.20. The van der Waals surface area contributed by atoms with Gasteiger partial charge >= 0.3 is 0 Å². The lowest BCUT2D eigenvalue weighted by Gasteiger charge is -2.00. The van der Waals surface area contributed by atoms with Crippen molar-refractivity contribution in [1.29, 1.82) is 0 Å². The number of hydroxylamine groups is 1. The molecule has 0 heterocycles. The van der Waals surface area contributed by atoms with Gasteiger partial charge < -0.3 is 5.73 Å². The fourth-order valence-corrected chi connectivity index (χ4v) is 1.31. The van der Waals surface area contributed by atoms with E-state index in [9.17, 15) is 9.59 Å². The molecule has 96 valence electrons. The van der Waals surface area contributed by atoms with Gasteiger partial charge in [-0.05, 0) is 23.8 Å². The summed E-state index contributed by atoms with van der Waals surface area (Å²) in [4.78, 5) is 26.1. The first-order valence-electron chi connectivity index (χ1n) is 4.82. The fourth-order valence-electron chi connectivity index (χ4n) is 1.00. The van der Waals surface area contributed by atoms with E-state index < -0.39 is 11.8 Å². The number of carbonyl (C=O) groups is 2. The van der Waals surface area contributed by atoms with E-state index in [4.69, 9.17) is 28.9 Å². The highest BCUT2D eigenvalue weighted by molar-refractivity contribution is 6.42. The Morgan fingerprint density at radius 3 is 2.67 bits per heavy atom. The van der Waals surface area contributed by atoms with Crippen molar-refractivity contribution in [2.24, 2.45) is 5.73 Å². The van der Waals surface area contributed by atoms with Crippen LogP contribution < -0.4 is 11.2 Å². The van der Waals surface area contributed by atoms with Crippen molar-refractivity contribution in [2.45, 2.75) is 0 Å². The third-order valence-corrected chi connectivity index (χ3v) is 2.50. The second kappa shape index (κ2) is 7.00. The topological polar surface area (TPSA) is 81.4 Å². The third-order valence-electron chi connectivity index (χ3n) is 1.76. The number of carbonyl (C=O) groups excluding carboxylic acids is 2. The van der Waals surface area contributed by atoms with Crippen LogP contribution in [0.3, 0.4) is 0 Å². The van der Waals surface area contributed by atoms with Gasteiger partial charge in [-0.1, -0.05) is 29.3 Å². The van der Waals surface area contributed by atoms with Crippen molar-refractivity contribution in [3.05, 3.63) is 39.9 Å². The molecule has 5 nitrogen and oxygen atoms in total. The van der Waals surface area contributed by atoms with Crippen molar-refractivity contribution in [2.75, 3.05) is 6.61 Å². The zero-order chi connectivity index (χ0) is 13.5. The van der Waals surface area contributed by atoms with Crippen molar-refractivity contribution < 1.29 is 14.4 Å². The van der Waals surface area contributed by atoms with Gasteiger partial charge in [0.1, 0.15) is 0 Å². The SMILES string of the molecule is NC(=O)CONC(=O)C=Cc1ccc(Cl)c(Cl)c1. The number of primary amides is 1. The number of hydrogen-bond donors (Lipinski definition) is 2. The minimum atomic E-state index is -0.677. The maximum atomic E-state index is 11.2. The normalized spacial score (nSPS) is 10.6. The van der Waals surface area contributed by atoms with Crippen molar-refractivity contribution in [3.8, 4) is 0 Å². The van der Waals surface area contributed by atoms with Crippen LogP contribution in [0.1, 0.15) is 5.56 Å². The van der Waals surface area contributed by atoms with Gasteiger partial charge in [-0.15, -0.1) is 0 Å². The summed E-state index contributed by atoms with van der Waals surface area (Å²) in [6, 6.07) is 4.92. The number of hydrogen-bond acceptors (Lipinski definition) is 3. The Morgan fingerprint density at radius 2 is 2.06 bits per heavy atom. The van der Waals surface area contributed by atoms with E-state index in [2.05, 4.69) is 4.84 Å². The van der Waals surface area contributed by atoms with Gasteiger partial charge in [0, 0.05) is 6.08 Å². The highest BCUT2D eigenvalue weighted by atomic mass is 35.5. The predicted molar refractivity (Wildman–Crippen MR) is 68.8 cm³/mol. The van der Waals surface area contributed by atoms with Crippen LogP contribution in [0.4, 0.5) is 0 Å². The molecule has 0 spiro atoms. The standard InChI is InChI=1S/C11H10Cl2N2O3/c12-8-3-1-7(5-9(8)13)2-4-11(17)15-18-6-10(14)16/h1-5H,6H2,(H2,14,16)(H,15,17). The van der Waals surface area contributed by atoms with E-state index in [0.29, 0.717) is 15.6 Å². The van der Waals surface area contributed by atoms with Crippen LogP contribution in [-0.2, 0) is 14.4 Å². The van der Waals surface area contributed by atoms with Gasteiger partial charge in [0.25, 0.3) is 5.91 Å². The molecule has 1 aromatic rings. The maximum absolute atomic E-state index is 11.2. The van der Waals surface area contributed by atoms with Gasteiger partial charge in [0.05, 0.1) is 10.0 Å². The average molecular weight is 289 g/mol. The molecule has 0 unspecified atom stereocenters. The molecule has 0 atom stereocenters. The van der Waals surface area contributed by atoms with Crippen LogP contribution in [0.15, 0.2) is 24.3 Å². The molecule has 0 aliphatic heterocycles. The molecule has 3 N–H and O–H groups in total. The Balaban J connectivity index is 2.50. The quantitative estimate of drug-likeness (QED) is 0.637. The third kappa shape index (κ3) is 5.18. The van der Waals surface area contributed by atoms with Crippen LogP contribution in [0, 0.1) is 0 Å². The number of nitrogens with two attached hydrogens (primary N) is 1. The van der Waals surface area contributed by atoms with Crippen LogP contribution >= 0.6 is 23.2 Å². The maximum Gasteiger partial charge on any atom is 0.267 e. The molecule has 0 radical (unpaired) electrons. The van der Waals surface area contributed by atoms with Crippen LogP contribution in [0.2, 0.25) is 10.0 Å². The molecule has 0 aliphatic carbocycles. The molecule has 0 aliphatic rings. The smallest absolute Gasteiger partial charge is 0.267 e. The Morgan fingerprint density at radius 1 is 1.33 bits per heavy atom. The van der Waals surface area contributed by atoms with E-state index >= 15 is 0 Å². The molecule has 18 heavy (non-hydrogen) atoms. The second-order valence-corrected chi connectivity index (χ2v) is 4.04. The summed E-state index contributed by atoms with van der Waals surface area (Å²) >= 11 is 11.5. The number of rotatable bonds is 5. The van der Waals surface area contributed by atoms with E-state index in [-0.39, 0.29) is 6.61 Å². The minimum absolute atomic E-state index is 0.383. The lowest BCUT2D eigenvalue weighted by molar-refractivity contribution is -0.134. The van der Waals surface area contributed by atoms with E-state index in [0.717, 1.165) is 0 Å². The van der Waals surface area contributed by atoms with Crippen LogP contribution in [-0.4, -0.2) is 18.4 Å². The minimum Gasteiger partial charge on any atom is -0.368 e. The molecular weight excluding hydrogens is 279 g/mol. The van der Waals surface area contributed by atoms with Crippen molar-refractivity contribution >= 4 is 41.1 Å². The fraction of sp³-hybridized carbons (Fsp3) is 0.0909. The molecule has 0 saturated carbocycles. The Hall–Kier alpha value is -1.56. The summed E-state index contributed by atoms with van der Waals surface area (Å²) in [6.07, 6.45) is 2.74. The molecule has 0 fully saturated rings. The van der Waals surface area contributed by atoms with Gasteiger partial charge in [0.15, 0.2) is 6.61 Å². The molecule has 0 aromatic heterocycles. The second-order valence-electron chi connectivity index (χ2n) is 3.23. The number of benzene rings is 1. The largest absolute Gasteiger partial charge is 0.368 e. The molecule has 1 rings (SSSR count). The summed E-state index contributed by atoms with van der Waals surface area (Å²) in [6.45, 7) is -0.383. The number of halogens is 2. The Labute approximate surface area is 113 Å². The lowest BCUT2D eigenvalue weighted by atomic mass is 10.2. The monoisotopic (exact) mass is 288 g/mol. The van der Waals surface area contributed by atoms with Crippen LogP contribution in [0.25, 0.3) is 6.08 Å². The molecule has 1 aromatic carbocycles. The zero-order valence-corrected chi connectivity index (χ0v) is 10.7. The van der Waals surface area contributed by atoms with Crippen molar-refractivity contribution in [1.82, 2.24) is 5.48 Å². The predicted octanol–water partition coefficient (Wildman–Crippen LogP) is 1.54. The molecular formula is C11H10Cl2N2O3. The molecule has 0 bridgehead atoms. The van der Waals surface area contributed by atoms with Crippen LogP contribution in [0.5, 0.6) is 0 Å². The molecule has 7 heteroatoms. The summed E-state index contributed by atoms with van der Waals surface area (Å²) in [7, 11) is 0. The summed E-state index contributed by atoms with van der Waals surface area (Å²) < 4.78 is 0.